The minimum Gasteiger partial charge on any atom is -0.459 e. The zero-order chi connectivity index (χ0) is 34.2. The van der Waals surface area contributed by atoms with Crippen molar-refractivity contribution in [2.75, 3.05) is 0 Å². The summed E-state index contributed by atoms with van der Waals surface area (Å²) in [4.78, 5) is 14.0. The zero-order valence-corrected chi connectivity index (χ0v) is 30.4. The lowest BCUT2D eigenvalue weighted by Crippen LogP contribution is -2.65. The van der Waals surface area contributed by atoms with Crippen LogP contribution in [-0.2, 0) is 52.7 Å². The summed E-state index contributed by atoms with van der Waals surface area (Å²) in [5, 5.41) is 8.14. The Kier molecular flexibility index (Phi) is 12.9. The molecule has 0 spiro atoms. The summed E-state index contributed by atoms with van der Waals surface area (Å²) in [5.41, 5.74) is 2.56. The summed E-state index contributed by atoms with van der Waals surface area (Å²) >= 11 is 18.1. The van der Waals surface area contributed by atoms with Gasteiger partial charge in [-0.1, -0.05) is 147 Å². The van der Waals surface area contributed by atoms with E-state index in [0.29, 0.717) is 0 Å². The molecule has 3 aromatic carbocycles. The third kappa shape index (κ3) is 10.5. The maximum atomic E-state index is 14.0. The Morgan fingerprint density at radius 3 is 1.64 bits per heavy atom. The second-order valence-corrected chi connectivity index (χ2v) is 19.9. The number of hydrogen-bond acceptors (Lipinski definition) is 8. The molecule has 12 heteroatoms. The van der Waals surface area contributed by atoms with Crippen molar-refractivity contribution < 1.29 is 32.9 Å². The summed E-state index contributed by atoms with van der Waals surface area (Å²) in [6.07, 6.45) is -5.69. The highest BCUT2D eigenvalue weighted by molar-refractivity contribution is 6.76. The maximum absolute atomic E-state index is 14.0. The van der Waals surface area contributed by atoms with Crippen LogP contribution in [0.4, 0.5) is 0 Å². The summed E-state index contributed by atoms with van der Waals surface area (Å²) < 4.78 is 35.8. The number of esters is 1. The molecule has 5 atom stereocenters. The van der Waals surface area contributed by atoms with Crippen molar-refractivity contribution in [3.8, 4) is 0 Å². The fourth-order valence-electron chi connectivity index (χ4n) is 4.63. The van der Waals surface area contributed by atoms with E-state index in [0.717, 1.165) is 16.7 Å². The van der Waals surface area contributed by atoms with Gasteiger partial charge in [-0.25, -0.2) is 4.79 Å². The van der Waals surface area contributed by atoms with Crippen LogP contribution in [0.1, 0.15) is 37.5 Å². The van der Waals surface area contributed by atoms with Crippen molar-refractivity contribution in [3.63, 3.8) is 0 Å². The van der Waals surface area contributed by atoms with Crippen LogP contribution >= 0.6 is 34.8 Å². The van der Waals surface area contributed by atoms with Gasteiger partial charge in [0.2, 0.25) is 12.2 Å². The fraction of sp³-hybridized carbons (Fsp3) is 0.429. The van der Waals surface area contributed by atoms with Crippen LogP contribution in [-0.4, -0.2) is 54.7 Å². The van der Waals surface area contributed by atoms with Crippen molar-refractivity contribution in [2.24, 2.45) is 0 Å². The van der Waals surface area contributed by atoms with Gasteiger partial charge in [0, 0.05) is 0 Å². The van der Waals surface area contributed by atoms with Crippen LogP contribution < -0.4 is 0 Å². The summed E-state index contributed by atoms with van der Waals surface area (Å²) in [7, 11) is -2.59. The highest BCUT2D eigenvalue weighted by Gasteiger charge is 2.56. The Morgan fingerprint density at radius 1 is 0.745 bits per heavy atom. The molecule has 1 heterocycles. The number of ether oxygens (including phenoxy) is 5. The van der Waals surface area contributed by atoms with E-state index in [1.807, 2.05) is 91.0 Å². The first kappa shape index (κ1) is 37.3. The van der Waals surface area contributed by atoms with Crippen molar-refractivity contribution in [3.05, 3.63) is 108 Å². The Balaban J connectivity index is 1.77. The topological polar surface area (TPSA) is 96.3 Å². The van der Waals surface area contributed by atoms with Gasteiger partial charge >= 0.3 is 5.97 Å². The van der Waals surface area contributed by atoms with Crippen molar-refractivity contribution in [1.29, 1.82) is 5.41 Å². The lowest BCUT2D eigenvalue weighted by Gasteiger charge is -2.49. The number of hydrogen-bond donors (Lipinski definition) is 1. The van der Waals surface area contributed by atoms with Crippen molar-refractivity contribution in [1.82, 2.24) is 0 Å². The molecule has 0 radical (unpaired) electrons. The molecule has 254 valence electrons. The third-order valence-electron chi connectivity index (χ3n) is 8.25. The van der Waals surface area contributed by atoms with Crippen LogP contribution in [0.2, 0.25) is 18.1 Å². The first-order chi connectivity index (χ1) is 22.2. The molecule has 1 fully saturated rings. The standard InChI is InChI=1S/C35H42Cl3NO7Si/c1-34(2,3)47(4,5)46-28-27(41-21-24-15-9-6-10-16-24)30(42-22-25-17-11-7-12-18-25)32(45-33(39)35(36,37)38)44-29(28)31(40)43-23-26-19-13-8-14-20-26/h6-20,27-30,32,39H,21-23H2,1-5H3/t27-,28-,29-,30+,32+/m0/s1. The van der Waals surface area contributed by atoms with Crippen molar-refractivity contribution in [2.45, 2.75) is 93.2 Å². The molecule has 4 rings (SSSR count). The number of halogens is 3. The predicted molar refractivity (Wildman–Crippen MR) is 186 cm³/mol. The third-order valence-corrected chi connectivity index (χ3v) is 13.2. The molecule has 0 saturated carbocycles. The molecule has 0 aromatic heterocycles. The lowest BCUT2D eigenvalue weighted by molar-refractivity contribution is -0.295. The summed E-state index contributed by atoms with van der Waals surface area (Å²) in [6, 6.07) is 28.4. The molecule has 0 amide bonds. The largest absolute Gasteiger partial charge is 0.459 e. The van der Waals surface area contributed by atoms with Gasteiger partial charge in [0.05, 0.1) is 13.2 Å². The van der Waals surface area contributed by atoms with Crippen LogP contribution in [0, 0.1) is 5.41 Å². The van der Waals surface area contributed by atoms with E-state index < -0.39 is 54.7 Å². The fourth-order valence-corrected chi connectivity index (χ4v) is 6.06. The minimum absolute atomic E-state index is 0.00527. The molecule has 3 aromatic rings. The Labute approximate surface area is 293 Å². The maximum Gasteiger partial charge on any atom is 0.338 e. The number of carbonyl (C=O) groups excluding carboxylic acids is 1. The molecule has 8 nitrogen and oxygen atoms in total. The molecule has 1 N–H and O–H groups in total. The monoisotopic (exact) mass is 721 g/mol. The Morgan fingerprint density at radius 2 is 1.19 bits per heavy atom. The highest BCUT2D eigenvalue weighted by atomic mass is 35.6. The summed E-state index contributed by atoms with van der Waals surface area (Å²) in [5.74, 6) is -1.40. The normalized spacial score (nSPS) is 22.0. The number of benzene rings is 3. The second kappa shape index (κ2) is 16.3. The lowest BCUT2D eigenvalue weighted by atomic mass is 9.98. The zero-order valence-electron chi connectivity index (χ0n) is 27.2. The van der Waals surface area contributed by atoms with Crippen LogP contribution in [0.3, 0.4) is 0 Å². The molecule has 1 aliphatic rings. The highest BCUT2D eigenvalue weighted by Crippen LogP contribution is 2.41. The number of nitrogens with one attached hydrogen (secondary N) is 1. The van der Waals surface area contributed by atoms with E-state index in [2.05, 4.69) is 33.9 Å². The van der Waals surface area contributed by atoms with Crippen LogP contribution in [0.25, 0.3) is 0 Å². The number of alkyl halides is 3. The second-order valence-electron chi connectivity index (χ2n) is 12.8. The van der Waals surface area contributed by atoms with Crippen LogP contribution in [0.15, 0.2) is 91.0 Å². The SMILES string of the molecule is CC(C)(C)[Si](C)(C)O[C@H]1[C@H](OCc2ccccc2)[C@@H](OCc2ccccc2)[C@@H](OC(=N)C(Cl)(Cl)Cl)O[C@@H]1C(=O)OCc1ccccc1. The molecular formula is C35H42Cl3NO7Si. The smallest absolute Gasteiger partial charge is 0.338 e. The van der Waals surface area contributed by atoms with E-state index in [1.54, 1.807) is 0 Å². The van der Waals surface area contributed by atoms with Gasteiger partial charge in [-0.3, -0.25) is 5.41 Å². The van der Waals surface area contributed by atoms with E-state index in [1.165, 1.54) is 0 Å². The summed E-state index contributed by atoms with van der Waals surface area (Å²) in [6.45, 7) is 10.8. The molecule has 0 bridgehead atoms. The first-order valence-corrected chi connectivity index (χ1v) is 19.4. The van der Waals surface area contributed by atoms with Gasteiger partial charge in [-0.15, -0.1) is 0 Å². The number of carbonyl (C=O) groups is 1. The van der Waals surface area contributed by atoms with Crippen molar-refractivity contribution >= 4 is 55.0 Å². The molecule has 0 aliphatic carbocycles. The minimum atomic E-state index is -2.59. The predicted octanol–water partition coefficient (Wildman–Crippen LogP) is 8.38. The molecule has 1 saturated heterocycles. The van der Waals surface area contributed by atoms with E-state index in [-0.39, 0.29) is 24.9 Å². The first-order valence-electron chi connectivity index (χ1n) is 15.3. The number of rotatable bonds is 12. The van der Waals surface area contributed by atoms with Gasteiger partial charge < -0.3 is 28.1 Å². The quantitative estimate of drug-likeness (QED) is 0.0660. The molecule has 47 heavy (non-hydrogen) atoms. The molecular weight excluding hydrogens is 681 g/mol. The van der Waals surface area contributed by atoms with E-state index >= 15 is 0 Å². The Bertz CT molecular complexity index is 1440. The average Bonchev–Trinajstić information content (AvgIpc) is 3.03. The van der Waals surface area contributed by atoms with E-state index in [4.69, 9.17) is 68.3 Å². The van der Waals surface area contributed by atoms with Gasteiger partial charge in [0.25, 0.3) is 3.79 Å². The van der Waals surface area contributed by atoms with Gasteiger partial charge in [-0.05, 0) is 34.8 Å². The van der Waals surface area contributed by atoms with Crippen LogP contribution in [0.5, 0.6) is 0 Å². The van der Waals surface area contributed by atoms with Gasteiger partial charge in [-0.2, -0.15) is 0 Å². The van der Waals surface area contributed by atoms with Gasteiger partial charge in [0.15, 0.2) is 14.4 Å². The van der Waals surface area contributed by atoms with E-state index in [9.17, 15) is 4.79 Å². The molecule has 0 unspecified atom stereocenters. The van der Waals surface area contributed by atoms with Gasteiger partial charge in [0.1, 0.15) is 24.9 Å². The Hall–Kier alpha value is -2.47. The molecule has 1 aliphatic heterocycles. The average molecular weight is 723 g/mol.